The Bertz CT molecular complexity index is 546. The van der Waals surface area contributed by atoms with E-state index in [2.05, 4.69) is 0 Å². The summed E-state index contributed by atoms with van der Waals surface area (Å²) in [5, 5.41) is 8.75. The molecule has 0 fully saturated rings. The minimum atomic E-state index is -4.43. The summed E-state index contributed by atoms with van der Waals surface area (Å²) in [6.07, 6.45) is -4.40. The van der Waals surface area contributed by atoms with Gasteiger partial charge in [-0.1, -0.05) is 23.2 Å². The van der Waals surface area contributed by atoms with E-state index >= 15 is 0 Å². The monoisotopic (exact) mass is 313 g/mol. The molecule has 0 bridgehead atoms. The number of carboxylic acid groups (broad SMARTS) is 1. The molecule has 0 saturated heterocycles. The Morgan fingerprint density at radius 1 is 1.37 bits per heavy atom. The van der Waals surface area contributed by atoms with Crippen molar-refractivity contribution in [3.63, 3.8) is 0 Å². The molecule has 0 saturated carbocycles. The average Bonchev–Trinajstić information content (AvgIpc) is 2.26. The van der Waals surface area contributed by atoms with Crippen LogP contribution in [0.3, 0.4) is 0 Å². The van der Waals surface area contributed by atoms with Crippen LogP contribution in [0, 0.1) is 0 Å². The van der Waals surface area contributed by atoms with Crippen LogP contribution in [0.4, 0.5) is 13.2 Å². The van der Waals surface area contributed by atoms with Crippen LogP contribution in [0.5, 0.6) is 0 Å². The van der Waals surface area contributed by atoms with Gasteiger partial charge in [0.05, 0.1) is 15.6 Å². The van der Waals surface area contributed by atoms with Gasteiger partial charge in [0.2, 0.25) is 0 Å². The Balaban J connectivity index is 2.46. The molecular weight excluding hydrogens is 306 g/mol. The lowest BCUT2D eigenvalue weighted by Crippen LogP contribution is -2.41. The molecule has 1 heterocycles. The number of halogens is 5. The summed E-state index contributed by atoms with van der Waals surface area (Å²) in [4.78, 5) is 11.3. The van der Waals surface area contributed by atoms with Crippen LogP contribution in [-0.2, 0) is 13.0 Å². The van der Waals surface area contributed by atoms with Gasteiger partial charge >= 0.3 is 12.3 Å². The van der Waals surface area contributed by atoms with Crippen molar-refractivity contribution in [3.05, 3.63) is 32.8 Å². The molecule has 0 amide bonds. The average molecular weight is 314 g/mol. The Morgan fingerprint density at radius 3 is 2.53 bits per heavy atom. The number of carboxylic acids is 1. The van der Waals surface area contributed by atoms with Gasteiger partial charge in [-0.25, -0.2) is 9.69 Å². The van der Waals surface area contributed by atoms with Crippen LogP contribution in [-0.4, -0.2) is 28.8 Å². The second-order valence-corrected chi connectivity index (χ2v) is 4.91. The van der Waals surface area contributed by atoms with Crippen molar-refractivity contribution in [1.82, 2.24) is 4.90 Å². The molecule has 0 radical (unpaired) electrons. The molecule has 8 heteroatoms. The third kappa shape index (κ3) is 2.66. The summed E-state index contributed by atoms with van der Waals surface area (Å²) in [5.74, 6) is -1.30. The molecule has 0 atom stereocenters. The molecule has 1 aliphatic rings. The van der Waals surface area contributed by atoms with E-state index in [0.717, 1.165) is 0 Å². The predicted molar refractivity (Wildman–Crippen MR) is 63.6 cm³/mol. The first kappa shape index (κ1) is 14.4. The number of aromatic carboxylic acids is 1. The van der Waals surface area contributed by atoms with Crippen LogP contribution in [0.25, 0.3) is 0 Å². The molecule has 19 heavy (non-hydrogen) atoms. The summed E-state index contributed by atoms with van der Waals surface area (Å²) < 4.78 is 37.8. The molecule has 3 nitrogen and oxygen atoms in total. The molecule has 1 N–H and O–H groups in total. The van der Waals surface area contributed by atoms with Crippen molar-refractivity contribution in [2.24, 2.45) is 0 Å². The minimum Gasteiger partial charge on any atom is -0.478 e. The zero-order chi connectivity index (χ0) is 14.4. The van der Waals surface area contributed by atoms with Crippen LogP contribution in [0.1, 0.15) is 21.5 Å². The zero-order valence-electron chi connectivity index (χ0n) is 9.39. The van der Waals surface area contributed by atoms with Crippen molar-refractivity contribution in [2.75, 3.05) is 6.54 Å². The highest BCUT2D eigenvalue weighted by atomic mass is 35.5. The maximum absolute atomic E-state index is 12.6. The normalized spacial score (nSPS) is 16.3. The highest BCUT2D eigenvalue weighted by Gasteiger charge is 2.39. The van der Waals surface area contributed by atoms with Gasteiger partial charge in [-0.2, -0.15) is 13.2 Å². The first-order chi connectivity index (χ1) is 8.71. The molecule has 0 spiro atoms. The van der Waals surface area contributed by atoms with Gasteiger partial charge in [0.15, 0.2) is 0 Å². The second kappa shape index (κ2) is 4.85. The lowest BCUT2D eigenvalue weighted by Gasteiger charge is -2.31. The summed E-state index contributed by atoms with van der Waals surface area (Å²) in [6, 6.07) is 1.24. The van der Waals surface area contributed by atoms with Gasteiger partial charge in [0.25, 0.3) is 0 Å². The van der Waals surface area contributed by atoms with E-state index in [1.807, 2.05) is 0 Å². The van der Waals surface area contributed by atoms with E-state index in [1.165, 1.54) is 6.07 Å². The van der Waals surface area contributed by atoms with Gasteiger partial charge in [-0.15, -0.1) is 0 Å². The fourth-order valence-corrected chi connectivity index (χ4v) is 2.82. The highest BCUT2D eigenvalue weighted by Crippen LogP contribution is 2.36. The van der Waals surface area contributed by atoms with Gasteiger partial charge in [-0.05, 0) is 23.6 Å². The number of alkyl halides is 3. The van der Waals surface area contributed by atoms with Crippen molar-refractivity contribution in [2.45, 2.75) is 19.3 Å². The third-order valence-electron chi connectivity index (χ3n) is 2.98. The van der Waals surface area contributed by atoms with E-state index in [-0.39, 0.29) is 35.1 Å². The lowest BCUT2D eigenvalue weighted by atomic mass is 9.97. The fourth-order valence-electron chi connectivity index (χ4n) is 2.06. The van der Waals surface area contributed by atoms with E-state index in [1.54, 1.807) is 0 Å². The van der Waals surface area contributed by atoms with Crippen LogP contribution in [0.2, 0.25) is 10.0 Å². The number of carbonyl (C=O) groups is 1. The SMILES string of the molecule is O=C(O)c1c(Cl)cc2c(c1Cl)CCN(C(F)(F)F)C2. The number of benzene rings is 1. The van der Waals surface area contributed by atoms with Crippen LogP contribution < -0.4 is 0 Å². The van der Waals surface area contributed by atoms with E-state index in [0.29, 0.717) is 16.0 Å². The molecular formula is C11H8Cl2F3NO2. The van der Waals surface area contributed by atoms with Gasteiger partial charge in [0.1, 0.15) is 0 Å². The summed E-state index contributed by atoms with van der Waals surface area (Å²) in [5.41, 5.74) is 0.468. The molecule has 2 rings (SSSR count). The Morgan fingerprint density at radius 2 is 2.00 bits per heavy atom. The lowest BCUT2D eigenvalue weighted by molar-refractivity contribution is -0.250. The molecule has 1 aromatic rings. The standard InChI is InChI=1S/C11H8Cl2F3NO2/c12-7-3-5-4-17(11(14,15)16)2-1-6(5)9(13)8(7)10(18)19/h3H,1-2,4H2,(H,18,19). The quantitative estimate of drug-likeness (QED) is 0.806. The van der Waals surface area contributed by atoms with Crippen molar-refractivity contribution >= 4 is 29.2 Å². The number of nitrogens with zero attached hydrogens (tertiary/aromatic N) is 1. The number of fused-ring (bicyclic) bond motifs is 1. The first-order valence-electron chi connectivity index (χ1n) is 5.26. The maximum atomic E-state index is 12.6. The first-order valence-corrected chi connectivity index (χ1v) is 6.02. The Hall–Kier alpha value is -0.980. The summed E-state index contributed by atoms with van der Waals surface area (Å²) >= 11 is 11.7. The number of hydrogen-bond donors (Lipinski definition) is 1. The molecule has 0 unspecified atom stereocenters. The van der Waals surface area contributed by atoms with E-state index in [4.69, 9.17) is 28.3 Å². The Labute approximate surface area is 116 Å². The molecule has 1 aromatic carbocycles. The molecule has 0 aromatic heterocycles. The van der Waals surface area contributed by atoms with E-state index in [9.17, 15) is 18.0 Å². The maximum Gasteiger partial charge on any atom is 0.460 e. The summed E-state index contributed by atoms with van der Waals surface area (Å²) in [7, 11) is 0. The molecule has 1 aliphatic heterocycles. The smallest absolute Gasteiger partial charge is 0.460 e. The van der Waals surface area contributed by atoms with Crippen molar-refractivity contribution in [3.8, 4) is 0 Å². The van der Waals surface area contributed by atoms with Crippen LogP contribution in [0.15, 0.2) is 6.07 Å². The van der Waals surface area contributed by atoms with Gasteiger partial charge in [-0.3, -0.25) is 0 Å². The predicted octanol–water partition coefficient (Wildman–Crippen LogP) is 3.57. The molecule has 0 aliphatic carbocycles. The minimum absolute atomic E-state index is 0.0329. The largest absolute Gasteiger partial charge is 0.478 e. The number of hydrogen-bond acceptors (Lipinski definition) is 2. The Kier molecular flexibility index (Phi) is 3.68. The highest BCUT2D eigenvalue weighted by molar-refractivity contribution is 6.39. The summed E-state index contributed by atoms with van der Waals surface area (Å²) in [6.45, 7) is -0.630. The van der Waals surface area contributed by atoms with Crippen LogP contribution >= 0.6 is 23.2 Å². The van der Waals surface area contributed by atoms with Crippen molar-refractivity contribution in [1.29, 1.82) is 0 Å². The number of rotatable bonds is 1. The second-order valence-electron chi connectivity index (χ2n) is 4.13. The fraction of sp³-hybridized carbons (Fsp3) is 0.364. The van der Waals surface area contributed by atoms with Gasteiger partial charge < -0.3 is 5.11 Å². The topological polar surface area (TPSA) is 40.5 Å². The van der Waals surface area contributed by atoms with Crippen molar-refractivity contribution < 1.29 is 23.1 Å². The zero-order valence-corrected chi connectivity index (χ0v) is 10.9. The van der Waals surface area contributed by atoms with Gasteiger partial charge in [0, 0.05) is 13.1 Å². The third-order valence-corrected chi connectivity index (χ3v) is 3.69. The van der Waals surface area contributed by atoms with E-state index < -0.39 is 12.3 Å². The molecule has 104 valence electrons.